The fraction of sp³-hybridized carbons (Fsp3) is 0.318. The number of hydrogen-bond acceptors (Lipinski definition) is 7. The van der Waals surface area contributed by atoms with Crippen LogP contribution in [0.1, 0.15) is 42.1 Å². The topological polar surface area (TPSA) is 92.3 Å². The van der Waals surface area contributed by atoms with Gasteiger partial charge in [0.05, 0.1) is 24.8 Å². The van der Waals surface area contributed by atoms with Crippen LogP contribution in [0, 0.1) is 6.92 Å². The maximum atomic E-state index is 12.9. The molecule has 0 bridgehead atoms. The van der Waals surface area contributed by atoms with Crippen LogP contribution >= 0.6 is 22.7 Å². The van der Waals surface area contributed by atoms with Crippen molar-refractivity contribution in [3.8, 4) is 0 Å². The zero-order chi connectivity index (χ0) is 22.9. The minimum atomic E-state index is -3.58. The predicted octanol–water partition coefficient (Wildman–Crippen LogP) is 5.28. The molecule has 0 unspecified atom stereocenters. The second-order valence-corrected chi connectivity index (χ2v) is 11.6. The van der Waals surface area contributed by atoms with Gasteiger partial charge in [-0.3, -0.25) is 10.1 Å². The smallest absolute Gasteiger partial charge is 0.257 e. The number of nitrogens with zero attached hydrogens (tertiary/aromatic N) is 3. The third-order valence-electron chi connectivity index (χ3n) is 4.94. The summed E-state index contributed by atoms with van der Waals surface area (Å²) >= 11 is 3.01. The number of sulfonamides is 1. The number of carbonyl (C=O) groups excluding carboxylic acids is 1. The van der Waals surface area contributed by atoms with E-state index in [-0.39, 0.29) is 10.8 Å². The number of benzene rings is 2. The minimum absolute atomic E-state index is 0.192. The highest BCUT2D eigenvalue weighted by Crippen LogP contribution is 2.34. The van der Waals surface area contributed by atoms with Gasteiger partial charge in [-0.05, 0) is 56.2 Å². The van der Waals surface area contributed by atoms with E-state index in [1.807, 2.05) is 32.9 Å². The minimum Gasteiger partial charge on any atom is -0.298 e. The van der Waals surface area contributed by atoms with E-state index in [1.54, 1.807) is 11.3 Å². The van der Waals surface area contributed by atoms with Crippen LogP contribution < -0.4 is 5.32 Å². The number of anilines is 1. The summed E-state index contributed by atoms with van der Waals surface area (Å²) < 4.78 is 29.3. The summed E-state index contributed by atoms with van der Waals surface area (Å²) in [6.07, 6.45) is 1.49. The highest BCUT2D eigenvalue weighted by Gasteiger charge is 2.23. The van der Waals surface area contributed by atoms with Gasteiger partial charge >= 0.3 is 0 Å². The summed E-state index contributed by atoms with van der Waals surface area (Å²) in [5, 5.41) is 4.29. The average molecular weight is 489 g/mol. The maximum absolute atomic E-state index is 12.9. The third-order valence-corrected chi connectivity index (χ3v) is 8.78. The van der Waals surface area contributed by atoms with Crippen molar-refractivity contribution in [3.05, 3.63) is 47.0 Å². The molecule has 7 nitrogen and oxygen atoms in total. The molecule has 0 radical (unpaired) electrons. The lowest BCUT2D eigenvalue weighted by Gasteiger charge is -2.21. The van der Waals surface area contributed by atoms with Crippen molar-refractivity contribution in [2.24, 2.45) is 0 Å². The summed E-state index contributed by atoms with van der Waals surface area (Å²) in [6, 6.07) is 9.97. The van der Waals surface area contributed by atoms with Gasteiger partial charge in [-0.2, -0.15) is 4.31 Å². The zero-order valence-electron chi connectivity index (χ0n) is 18.1. The molecule has 0 aliphatic carbocycles. The number of carbonyl (C=O) groups is 1. The molecule has 168 valence electrons. The Morgan fingerprint density at radius 1 is 1.00 bits per heavy atom. The Balaban J connectivity index is 1.55. The monoisotopic (exact) mass is 488 g/mol. The number of aromatic nitrogens is 2. The summed E-state index contributed by atoms with van der Waals surface area (Å²) in [4.78, 5) is 22.0. The van der Waals surface area contributed by atoms with Crippen molar-refractivity contribution in [3.63, 3.8) is 0 Å². The second kappa shape index (κ2) is 9.22. The Morgan fingerprint density at radius 3 is 2.34 bits per heavy atom. The largest absolute Gasteiger partial charge is 0.298 e. The van der Waals surface area contributed by atoms with E-state index in [9.17, 15) is 13.2 Å². The van der Waals surface area contributed by atoms with Crippen LogP contribution in [0.4, 0.5) is 5.13 Å². The van der Waals surface area contributed by atoms with Gasteiger partial charge < -0.3 is 0 Å². The lowest BCUT2D eigenvalue weighted by atomic mass is 10.2. The quantitative estimate of drug-likeness (QED) is 0.364. The van der Waals surface area contributed by atoms with E-state index in [0.717, 1.165) is 38.3 Å². The van der Waals surface area contributed by atoms with Crippen LogP contribution in [-0.2, 0) is 10.0 Å². The molecule has 0 aliphatic heterocycles. The molecule has 0 saturated heterocycles. The molecule has 0 atom stereocenters. The van der Waals surface area contributed by atoms with Crippen molar-refractivity contribution in [1.82, 2.24) is 14.3 Å². The number of aryl methyl sites for hydroxylation is 1. The highest BCUT2D eigenvalue weighted by atomic mass is 32.2. The van der Waals surface area contributed by atoms with E-state index in [2.05, 4.69) is 15.3 Å². The first-order valence-corrected chi connectivity index (χ1v) is 13.5. The van der Waals surface area contributed by atoms with Crippen LogP contribution in [0.2, 0.25) is 0 Å². The van der Waals surface area contributed by atoms with Gasteiger partial charge in [0.1, 0.15) is 5.52 Å². The molecule has 0 aliphatic rings. The van der Waals surface area contributed by atoms with Crippen molar-refractivity contribution in [2.45, 2.75) is 38.5 Å². The maximum Gasteiger partial charge on any atom is 0.257 e. The van der Waals surface area contributed by atoms with Gasteiger partial charge in [0.15, 0.2) is 5.13 Å². The van der Waals surface area contributed by atoms with E-state index in [4.69, 9.17) is 0 Å². The van der Waals surface area contributed by atoms with Crippen LogP contribution in [-0.4, -0.2) is 41.7 Å². The zero-order valence-corrected chi connectivity index (χ0v) is 20.5. The molecule has 32 heavy (non-hydrogen) atoms. The summed E-state index contributed by atoms with van der Waals surface area (Å²) in [7, 11) is -3.58. The molecule has 2 heterocycles. The van der Waals surface area contributed by atoms with Gasteiger partial charge in [-0.15, -0.1) is 11.3 Å². The molecule has 0 spiro atoms. The SMILES string of the molecule is CCCN(CCC)S(=O)(=O)c1ccc(C(=O)Nc2nc3ccc4sc(C)nc4c3s2)cc1. The number of amides is 1. The van der Waals surface area contributed by atoms with Crippen molar-refractivity contribution >= 4 is 64.2 Å². The molecule has 0 saturated carbocycles. The van der Waals surface area contributed by atoms with Gasteiger partial charge in [0.25, 0.3) is 5.91 Å². The normalized spacial score (nSPS) is 12.1. The Labute approximate surface area is 195 Å². The molecule has 1 amide bonds. The summed E-state index contributed by atoms with van der Waals surface area (Å²) in [5.74, 6) is -0.335. The van der Waals surface area contributed by atoms with Crippen molar-refractivity contribution in [1.29, 1.82) is 0 Å². The number of hydrogen-bond donors (Lipinski definition) is 1. The lowest BCUT2D eigenvalue weighted by Crippen LogP contribution is -2.32. The first-order chi connectivity index (χ1) is 15.3. The first-order valence-electron chi connectivity index (χ1n) is 10.4. The lowest BCUT2D eigenvalue weighted by molar-refractivity contribution is 0.102. The molecule has 4 aromatic rings. The van der Waals surface area contributed by atoms with Crippen LogP contribution in [0.3, 0.4) is 0 Å². The van der Waals surface area contributed by atoms with Gasteiger partial charge in [0, 0.05) is 18.7 Å². The molecular formula is C22H24N4O3S3. The molecule has 4 rings (SSSR count). The van der Waals surface area contributed by atoms with Crippen molar-refractivity contribution in [2.75, 3.05) is 18.4 Å². The summed E-state index contributed by atoms with van der Waals surface area (Å²) in [5.41, 5.74) is 2.06. The predicted molar refractivity (Wildman–Crippen MR) is 131 cm³/mol. The standard InChI is InChI=1S/C22H24N4O3S3/c1-4-12-26(13-5-2)32(28,29)16-8-6-15(7-9-16)21(27)25-22-24-17-10-11-18-19(20(17)31-22)23-14(3)30-18/h6-11H,4-5,12-13H2,1-3H3,(H,24,25,27). The molecule has 2 aromatic carbocycles. The van der Waals surface area contributed by atoms with Crippen LogP contribution in [0.5, 0.6) is 0 Å². The average Bonchev–Trinajstić information content (AvgIpc) is 3.35. The fourth-order valence-electron chi connectivity index (χ4n) is 3.49. The fourth-order valence-corrected chi connectivity index (χ4v) is 6.96. The first kappa shape index (κ1) is 22.8. The van der Waals surface area contributed by atoms with E-state index in [1.165, 1.54) is 39.9 Å². The van der Waals surface area contributed by atoms with Gasteiger partial charge in [0.2, 0.25) is 10.0 Å². The Hall–Kier alpha value is -2.40. The molecule has 1 N–H and O–H groups in total. The molecule has 10 heteroatoms. The Bertz CT molecular complexity index is 1370. The summed E-state index contributed by atoms with van der Waals surface area (Å²) in [6.45, 7) is 6.82. The molecule has 0 fully saturated rings. The number of thiazole rings is 2. The van der Waals surface area contributed by atoms with Gasteiger partial charge in [-0.1, -0.05) is 25.2 Å². The second-order valence-electron chi connectivity index (χ2n) is 7.40. The third kappa shape index (κ3) is 4.40. The number of nitrogens with one attached hydrogen (secondary N) is 1. The van der Waals surface area contributed by atoms with E-state index in [0.29, 0.717) is 23.8 Å². The van der Waals surface area contributed by atoms with Crippen LogP contribution in [0.25, 0.3) is 20.4 Å². The number of fused-ring (bicyclic) bond motifs is 3. The Kier molecular flexibility index (Phi) is 6.57. The number of rotatable bonds is 8. The van der Waals surface area contributed by atoms with E-state index < -0.39 is 10.0 Å². The van der Waals surface area contributed by atoms with Crippen LogP contribution in [0.15, 0.2) is 41.3 Å². The van der Waals surface area contributed by atoms with Crippen molar-refractivity contribution < 1.29 is 13.2 Å². The highest BCUT2D eigenvalue weighted by molar-refractivity contribution is 7.89. The van der Waals surface area contributed by atoms with Gasteiger partial charge in [-0.25, -0.2) is 18.4 Å². The Morgan fingerprint density at radius 2 is 1.69 bits per heavy atom. The molecular weight excluding hydrogens is 464 g/mol. The van der Waals surface area contributed by atoms with E-state index >= 15 is 0 Å². The molecule has 2 aromatic heterocycles.